The molecule has 0 saturated heterocycles. The van der Waals surface area contributed by atoms with Crippen molar-refractivity contribution in [2.45, 2.75) is 53.0 Å². The number of rotatable bonds is 9. The minimum atomic E-state index is 0.0527. The normalized spacial score (nSPS) is 14.8. The third kappa shape index (κ3) is 5.94. The van der Waals surface area contributed by atoms with Gasteiger partial charge in [0, 0.05) is 37.7 Å². The van der Waals surface area contributed by atoms with Gasteiger partial charge in [-0.15, -0.1) is 11.3 Å². The predicted octanol–water partition coefficient (Wildman–Crippen LogP) is 2.38. The van der Waals surface area contributed by atoms with E-state index < -0.39 is 0 Å². The van der Waals surface area contributed by atoms with Gasteiger partial charge >= 0.3 is 0 Å². The Hall–Kier alpha value is -1.60. The van der Waals surface area contributed by atoms with Crippen LogP contribution in [0.5, 0.6) is 0 Å². The number of hydrogen-bond donors (Lipinski definition) is 3. The largest absolute Gasteiger partial charge is 0.396 e. The Bertz CT molecular complexity index is 625. The fourth-order valence-corrected chi connectivity index (χ4v) is 4.39. The van der Waals surface area contributed by atoms with E-state index in [-0.39, 0.29) is 24.5 Å². The molecule has 1 amide bonds. The first kappa shape index (κ1) is 21.7. The third-order valence-electron chi connectivity index (χ3n) is 5.65. The molecule has 1 aromatic rings. The lowest BCUT2D eigenvalue weighted by molar-refractivity contribution is -0.130. The smallest absolute Gasteiger partial charge is 0.244 e. The third-order valence-corrected chi connectivity index (χ3v) is 6.67. The number of fused-ring (bicyclic) bond motifs is 1. The predicted molar refractivity (Wildman–Crippen MR) is 112 cm³/mol. The van der Waals surface area contributed by atoms with Gasteiger partial charge in [0.2, 0.25) is 5.91 Å². The van der Waals surface area contributed by atoms with Gasteiger partial charge in [-0.05, 0) is 55.0 Å². The molecule has 1 aliphatic rings. The fraction of sp³-hybridized carbons (Fsp3) is 0.700. The topological polar surface area (TPSA) is 77.0 Å². The van der Waals surface area contributed by atoms with Crippen LogP contribution in [0.25, 0.3) is 0 Å². The molecule has 0 fully saturated rings. The van der Waals surface area contributed by atoms with E-state index in [2.05, 4.69) is 40.9 Å². The summed E-state index contributed by atoms with van der Waals surface area (Å²) in [5.74, 6) is 0.736. The van der Waals surface area contributed by atoms with Crippen molar-refractivity contribution in [3.63, 3.8) is 0 Å². The molecule has 1 aromatic heterocycles. The molecule has 7 heteroatoms. The number of carbonyl (C=O) groups is 1. The zero-order valence-electron chi connectivity index (χ0n) is 16.9. The average molecular weight is 395 g/mol. The summed E-state index contributed by atoms with van der Waals surface area (Å²) in [6.07, 6.45) is 3.69. The fourth-order valence-electron chi connectivity index (χ4n) is 3.50. The van der Waals surface area contributed by atoms with Crippen LogP contribution in [0.15, 0.2) is 16.4 Å². The second kappa shape index (κ2) is 10.7. The van der Waals surface area contributed by atoms with Gasteiger partial charge in [-0.3, -0.25) is 4.79 Å². The van der Waals surface area contributed by atoms with Crippen LogP contribution in [0.2, 0.25) is 0 Å². The second-order valence-corrected chi connectivity index (χ2v) is 8.16. The highest BCUT2D eigenvalue weighted by molar-refractivity contribution is 7.10. The van der Waals surface area contributed by atoms with Gasteiger partial charge in [0.25, 0.3) is 0 Å². The highest BCUT2D eigenvalue weighted by atomic mass is 32.1. The van der Waals surface area contributed by atoms with E-state index >= 15 is 0 Å². The number of nitrogens with zero attached hydrogens (tertiary/aromatic N) is 2. The highest BCUT2D eigenvalue weighted by Crippen LogP contribution is 2.29. The van der Waals surface area contributed by atoms with Crippen molar-refractivity contribution >= 4 is 23.2 Å². The number of guanidine groups is 1. The quantitative estimate of drug-likeness (QED) is 0.444. The van der Waals surface area contributed by atoms with Gasteiger partial charge < -0.3 is 20.6 Å². The molecule has 0 aliphatic carbocycles. The van der Waals surface area contributed by atoms with Crippen molar-refractivity contribution < 1.29 is 9.90 Å². The summed E-state index contributed by atoms with van der Waals surface area (Å²) >= 11 is 1.78. The zero-order chi connectivity index (χ0) is 19.7. The molecule has 3 N–H and O–H groups in total. The zero-order valence-corrected chi connectivity index (χ0v) is 17.7. The van der Waals surface area contributed by atoms with Crippen LogP contribution in [0.4, 0.5) is 0 Å². The van der Waals surface area contributed by atoms with E-state index in [0.717, 1.165) is 45.3 Å². The molecule has 27 heavy (non-hydrogen) atoms. The molecule has 6 nitrogen and oxygen atoms in total. The summed E-state index contributed by atoms with van der Waals surface area (Å²) in [5.41, 5.74) is 1.32. The molecular formula is C20H34N4O2S. The maximum Gasteiger partial charge on any atom is 0.244 e. The first-order valence-corrected chi connectivity index (χ1v) is 10.9. The van der Waals surface area contributed by atoms with Gasteiger partial charge in [0.1, 0.15) is 6.54 Å². The monoisotopic (exact) mass is 394 g/mol. The lowest BCUT2D eigenvalue weighted by Crippen LogP contribution is -2.44. The number of hydrogen-bond acceptors (Lipinski definition) is 4. The molecule has 152 valence electrons. The molecular weight excluding hydrogens is 360 g/mol. The molecule has 0 aromatic carbocycles. The van der Waals surface area contributed by atoms with Gasteiger partial charge in [-0.1, -0.05) is 13.8 Å². The number of aliphatic hydroxyl groups is 1. The molecule has 0 unspecified atom stereocenters. The summed E-state index contributed by atoms with van der Waals surface area (Å²) in [7, 11) is 0. The van der Waals surface area contributed by atoms with E-state index in [1.807, 2.05) is 11.8 Å². The van der Waals surface area contributed by atoms with E-state index in [0.29, 0.717) is 12.5 Å². The Labute approximate surface area is 167 Å². The van der Waals surface area contributed by atoms with E-state index in [1.165, 1.54) is 10.4 Å². The van der Waals surface area contributed by atoms with Crippen LogP contribution in [0.3, 0.4) is 0 Å². The number of nitrogens with one attached hydrogen (secondary N) is 2. The summed E-state index contributed by atoms with van der Waals surface area (Å²) in [4.78, 5) is 20.4. The van der Waals surface area contributed by atoms with Crippen molar-refractivity contribution in [2.24, 2.45) is 10.4 Å². The molecule has 2 rings (SSSR count). The summed E-state index contributed by atoms with van der Waals surface area (Å²) < 4.78 is 0. The average Bonchev–Trinajstić information content (AvgIpc) is 3.16. The Kier molecular flexibility index (Phi) is 8.57. The summed E-state index contributed by atoms with van der Waals surface area (Å²) in [5, 5.41) is 18.1. The standard InChI is InChI=1S/C20H34N4O2S/c1-4-20(5-2,9-11-25)15-23-19(21-6-3)22-13-18(26)24-10-7-17-16(14-24)8-12-27-17/h8,12,25H,4-7,9-11,13-15H2,1-3H3,(H2,21,22,23). The molecule has 0 spiro atoms. The number of aliphatic hydroxyl groups excluding tert-OH is 1. The molecule has 1 aliphatic heterocycles. The summed E-state index contributed by atoms with van der Waals surface area (Å²) in [6, 6.07) is 2.12. The second-order valence-electron chi connectivity index (χ2n) is 7.16. The number of carbonyl (C=O) groups excluding carboxylic acids is 1. The number of amides is 1. The van der Waals surface area contributed by atoms with Crippen LogP contribution in [-0.4, -0.2) is 54.7 Å². The number of thiophene rings is 1. The lowest BCUT2D eigenvalue weighted by atomic mass is 9.79. The minimum absolute atomic E-state index is 0.0527. The SMILES string of the molecule is CCNC(=NCC(=O)N1CCc2sccc2C1)NCC(CC)(CC)CCO. The number of aliphatic imine (C=N–C) groups is 1. The molecule has 0 saturated carbocycles. The Morgan fingerprint density at radius 3 is 2.78 bits per heavy atom. The Balaban J connectivity index is 1.93. The minimum Gasteiger partial charge on any atom is -0.396 e. The van der Waals surface area contributed by atoms with E-state index in [4.69, 9.17) is 0 Å². The van der Waals surface area contributed by atoms with E-state index in [9.17, 15) is 9.90 Å². The maximum absolute atomic E-state index is 12.6. The Morgan fingerprint density at radius 2 is 2.11 bits per heavy atom. The molecule has 0 radical (unpaired) electrons. The van der Waals surface area contributed by atoms with Crippen LogP contribution < -0.4 is 10.6 Å². The van der Waals surface area contributed by atoms with Crippen LogP contribution >= 0.6 is 11.3 Å². The van der Waals surface area contributed by atoms with Crippen molar-refractivity contribution in [3.05, 3.63) is 21.9 Å². The van der Waals surface area contributed by atoms with Crippen molar-refractivity contribution in [2.75, 3.05) is 32.8 Å². The van der Waals surface area contributed by atoms with Crippen LogP contribution in [0.1, 0.15) is 50.5 Å². The van der Waals surface area contributed by atoms with Crippen molar-refractivity contribution in [3.8, 4) is 0 Å². The van der Waals surface area contributed by atoms with Crippen LogP contribution in [0, 0.1) is 5.41 Å². The van der Waals surface area contributed by atoms with Gasteiger partial charge in [0.05, 0.1) is 0 Å². The Morgan fingerprint density at radius 1 is 1.33 bits per heavy atom. The molecule has 0 atom stereocenters. The van der Waals surface area contributed by atoms with Gasteiger partial charge in [-0.25, -0.2) is 4.99 Å². The summed E-state index contributed by atoms with van der Waals surface area (Å²) in [6.45, 7) is 9.62. The van der Waals surface area contributed by atoms with Crippen LogP contribution in [-0.2, 0) is 17.8 Å². The first-order chi connectivity index (χ1) is 13.1. The maximum atomic E-state index is 12.6. The van der Waals surface area contributed by atoms with E-state index in [1.54, 1.807) is 11.3 Å². The van der Waals surface area contributed by atoms with Gasteiger partial charge in [0.15, 0.2) is 5.96 Å². The lowest BCUT2D eigenvalue weighted by Gasteiger charge is -2.32. The molecule has 0 bridgehead atoms. The van der Waals surface area contributed by atoms with Crippen molar-refractivity contribution in [1.29, 1.82) is 0 Å². The first-order valence-electron chi connectivity index (χ1n) is 10.0. The highest BCUT2D eigenvalue weighted by Gasteiger charge is 2.26. The molecule has 2 heterocycles. The van der Waals surface area contributed by atoms with Gasteiger partial charge in [-0.2, -0.15) is 0 Å². The van der Waals surface area contributed by atoms with Crippen molar-refractivity contribution in [1.82, 2.24) is 15.5 Å².